The van der Waals surface area contributed by atoms with Crippen LogP contribution in [-0.2, 0) is 0 Å². The monoisotopic (exact) mass is 201 g/mol. The maximum Gasteiger partial charge on any atom is 0.0291 e. The van der Waals surface area contributed by atoms with Crippen molar-refractivity contribution in [3.8, 4) is 12.3 Å². The predicted octanol–water partition coefficient (Wildman–Crippen LogP) is 3.06. The van der Waals surface area contributed by atoms with Crippen LogP contribution in [0, 0.1) is 19.3 Å². The SMILES string of the molecule is C#CCCCN[C@H](C)c1ccc(C)cc1. The Hall–Kier alpha value is -1.26. The summed E-state index contributed by atoms with van der Waals surface area (Å²) >= 11 is 0. The number of hydrogen-bond acceptors (Lipinski definition) is 1. The summed E-state index contributed by atoms with van der Waals surface area (Å²) in [5.41, 5.74) is 2.64. The standard InChI is InChI=1S/C14H19N/c1-4-5-6-11-15-13(3)14-9-7-12(2)8-10-14/h1,7-10,13,15H,5-6,11H2,2-3H3/t13-/m1/s1. The van der Waals surface area contributed by atoms with Crippen molar-refractivity contribution in [2.45, 2.75) is 32.7 Å². The topological polar surface area (TPSA) is 12.0 Å². The Morgan fingerprint density at radius 2 is 2.00 bits per heavy atom. The molecule has 1 heteroatoms. The molecule has 0 aliphatic rings. The van der Waals surface area contributed by atoms with E-state index in [2.05, 4.69) is 49.4 Å². The lowest BCUT2D eigenvalue weighted by atomic mass is 10.1. The van der Waals surface area contributed by atoms with Crippen LogP contribution in [0.3, 0.4) is 0 Å². The van der Waals surface area contributed by atoms with Crippen LogP contribution in [-0.4, -0.2) is 6.54 Å². The lowest BCUT2D eigenvalue weighted by molar-refractivity contribution is 0.562. The molecule has 0 unspecified atom stereocenters. The molecule has 0 radical (unpaired) electrons. The molecule has 0 heterocycles. The first-order valence-electron chi connectivity index (χ1n) is 5.47. The van der Waals surface area contributed by atoms with Gasteiger partial charge in [0.25, 0.3) is 0 Å². The number of aryl methyl sites for hydroxylation is 1. The van der Waals surface area contributed by atoms with Gasteiger partial charge in [-0.25, -0.2) is 0 Å². The normalized spacial score (nSPS) is 12.1. The van der Waals surface area contributed by atoms with E-state index in [1.165, 1.54) is 11.1 Å². The van der Waals surface area contributed by atoms with Crippen LogP contribution in [0.4, 0.5) is 0 Å². The number of hydrogen-bond donors (Lipinski definition) is 1. The Balaban J connectivity index is 2.37. The molecule has 15 heavy (non-hydrogen) atoms. The molecule has 1 N–H and O–H groups in total. The Morgan fingerprint density at radius 3 is 2.60 bits per heavy atom. The lowest BCUT2D eigenvalue weighted by Crippen LogP contribution is -2.19. The van der Waals surface area contributed by atoms with Gasteiger partial charge in [-0.2, -0.15) is 0 Å². The summed E-state index contributed by atoms with van der Waals surface area (Å²) in [6, 6.07) is 9.05. The van der Waals surface area contributed by atoms with E-state index in [-0.39, 0.29) is 0 Å². The highest BCUT2D eigenvalue weighted by atomic mass is 14.9. The second kappa shape index (κ2) is 6.27. The zero-order chi connectivity index (χ0) is 11.1. The lowest BCUT2D eigenvalue weighted by Gasteiger charge is -2.13. The van der Waals surface area contributed by atoms with E-state index in [1.807, 2.05) is 0 Å². The van der Waals surface area contributed by atoms with Crippen molar-refractivity contribution in [3.05, 3.63) is 35.4 Å². The largest absolute Gasteiger partial charge is 0.310 e. The van der Waals surface area contributed by atoms with Gasteiger partial charge in [-0.3, -0.25) is 0 Å². The fourth-order valence-corrected chi connectivity index (χ4v) is 1.48. The van der Waals surface area contributed by atoms with Gasteiger partial charge in [0.15, 0.2) is 0 Å². The minimum absolute atomic E-state index is 0.406. The summed E-state index contributed by atoms with van der Waals surface area (Å²) in [5, 5.41) is 3.46. The Bertz CT molecular complexity index is 318. The Morgan fingerprint density at radius 1 is 1.33 bits per heavy atom. The van der Waals surface area contributed by atoms with Gasteiger partial charge in [-0.05, 0) is 32.4 Å². The maximum atomic E-state index is 5.20. The Labute approximate surface area is 92.9 Å². The molecule has 1 rings (SSSR count). The molecule has 0 aliphatic heterocycles. The van der Waals surface area contributed by atoms with Crippen molar-refractivity contribution in [2.24, 2.45) is 0 Å². The van der Waals surface area contributed by atoms with Gasteiger partial charge < -0.3 is 5.32 Å². The fourth-order valence-electron chi connectivity index (χ4n) is 1.48. The van der Waals surface area contributed by atoms with Crippen molar-refractivity contribution < 1.29 is 0 Å². The highest BCUT2D eigenvalue weighted by Crippen LogP contribution is 2.12. The van der Waals surface area contributed by atoms with Crippen molar-refractivity contribution in [2.75, 3.05) is 6.54 Å². The van der Waals surface area contributed by atoms with E-state index in [0.29, 0.717) is 6.04 Å². The fraction of sp³-hybridized carbons (Fsp3) is 0.429. The predicted molar refractivity (Wildman–Crippen MR) is 65.7 cm³/mol. The van der Waals surface area contributed by atoms with E-state index in [4.69, 9.17) is 6.42 Å². The third-order valence-electron chi connectivity index (χ3n) is 2.53. The van der Waals surface area contributed by atoms with Gasteiger partial charge in [0.05, 0.1) is 0 Å². The van der Waals surface area contributed by atoms with E-state index in [9.17, 15) is 0 Å². The Kier molecular flexibility index (Phi) is 4.93. The summed E-state index contributed by atoms with van der Waals surface area (Å²) in [4.78, 5) is 0. The van der Waals surface area contributed by atoms with Crippen LogP contribution in [0.15, 0.2) is 24.3 Å². The summed E-state index contributed by atoms with van der Waals surface area (Å²) < 4.78 is 0. The molecule has 0 saturated heterocycles. The minimum atomic E-state index is 0.406. The van der Waals surface area contributed by atoms with Crippen LogP contribution in [0.1, 0.15) is 36.9 Å². The summed E-state index contributed by atoms with van der Waals surface area (Å²) in [5.74, 6) is 2.65. The van der Waals surface area contributed by atoms with E-state index < -0.39 is 0 Å². The minimum Gasteiger partial charge on any atom is -0.310 e. The van der Waals surface area contributed by atoms with Crippen LogP contribution in [0.2, 0.25) is 0 Å². The number of unbranched alkanes of at least 4 members (excludes halogenated alkanes) is 1. The van der Waals surface area contributed by atoms with E-state index in [1.54, 1.807) is 0 Å². The first-order valence-corrected chi connectivity index (χ1v) is 5.47. The molecule has 0 aromatic heterocycles. The molecule has 0 aliphatic carbocycles. The summed E-state index contributed by atoms with van der Waals surface area (Å²) in [6.45, 7) is 5.27. The first-order chi connectivity index (χ1) is 7.24. The molecule has 0 saturated carbocycles. The first kappa shape index (κ1) is 11.8. The molecule has 0 fully saturated rings. The molecular weight excluding hydrogens is 182 g/mol. The van der Waals surface area contributed by atoms with Crippen molar-refractivity contribution in [1.82, 2.24) is 5.32 Å². The molecule has 0 bridgehead atoms. The van der Waals surface area contributed by atoms with Crippen LogP contribution in [0.5, 0.6) is 0 Å². The molecule has 1 atom stereocenters. The molecule has 1 aromatic rings. The molecule has 1 nitrogen and oxygen atoms in total. The number of terminal acetylenes is 1. The van der Waals surface area contributed by atoms with Gasteiger partial charge in [-0.15, -0.1) is 12.3 Å². The van der Waals surface area contributed by atoms with E-state index >= 15 is 0 Å². The number of benzene rings is 1. The highest BCUT2D eigenvalue weighted by Gasteiger charge is 2.02. The molecule has 0 spiro atoms. The highest BCUT2D eigenvalue weighted by molar-refractivity contribution is 5.23. The van der Waals surface area contributed by atoms with Crippen molar-refractivity contribution in [1.29, 1.82) is 0 Å². The third-order valence-corrected chi connectivity index (χ3v) is 2.53. The van der Waals surface area contributed by atoms with Crippen LogP contribution in [0.25, 0.3) is 0 Å². The summed E-state index contributed by atoms with van der Waals surface area (Å²) in [7, 11) is 0. The quantitative estimate of drug-likeness (QED) is 0.570. The molecular formula is C14H19N. The second-order valence-corrected chi connectivity index (χ2v) is 3.89. The number of nitrogens with one attached hydrogen (secondary N) is 1. The zero-order valence-corrected chi connectivity index (χ0v) is 9.59. The van der Waals surface area contributed by atoms with Crippen molar-refractivity contribution in [3.63, 3.8) is 0 Å². The summed E-state index contributed by atoms with van der Waals surface area (Å²) in [6.07, 6.45) is 7.10. The van der Waals surface area contributed by atoms with Crippen LogP contribution < -0.4 is 5.32 Å². The average Bonchev–Trinajstić information content (AvgIpc) is 2.25. The average molecular weight is 201 g/mol. The third kappa shape index (κ3) is 4.18. The zero-order valence-electron chi connectivity index (χ0n) is 9.59. The van der Waals surface area contributed by atoms with Gasteiger partial charge in [0.1, 0.15) is 0 Å². The van der Waals surface area contributed by atoms with Crippen LogP contribution >= 0.6 is 0 Å². The number of rotatable bonds is 5. The second-order valence-electron chi connectivity index (χ2n) is 3.89. The van der Waals surface area contributed by atoms with E-state index in [0.717, 1.165) is 19.4 Å². The van der Waals surface area contributed by atoms with Gasteiger partial charge in [0, 0.05) is 12.5 Å². The molecule has 0 amide bonds. The smallest absolute Gasteiger partial charge is 0.0291 e. The van der Waals surface area contributed by atoms with Crippen molar-refractivity contribution >= 4 is 0 Å². The molecule has 80 valence electrons. The van der Waals surface area contributed by atoms with Gasteiger partial charge >= 0.3 is 0 Å². The maximum absolute atomic E-state index is 5.20. The van der Waals surface area contributed by atoms with Gasteiger partial charge in [0.2, 0.25) is 0 Å². The van der Waals surface area contributed by atoms with Gasteiger partial charge in [-0.1, -0.05) is 29.8 Å². The molecule has 1 aromatic carbocycles.